The van der Waals surface area contributed by atoms with Crippen LogP contribution in [0.25, 0.3) is 5.65 Å². The second-order valence-corrected chi connectivity index (χ2v) is 4.14. The van der Waals surface area contributed by atoms with E-state index < -0.39 is 11.6 Å². The Labute approximate surface area is 107 Å². The Hall–Kier alpha value is -2.68. The number of fused-ring (bicyclic) bond motifs is 1. The van der Waals surface area contributed by atoms with Gasteiger partial charge in [-0.05, 0) is 17.7 Å². The minimum atomic E-state index is -0.618. The first-order valence-electron chi connectivity index (χ1n) is 5.55. The number of halogens is 2. The minimum Gasteiger partial charge on any atom is -0.326 e. The first-order chi connectivity index (χ1) is 9.17. The monoisotopic (exact) mass is 258 g/mol. The average Bonchev–Trinajstić information content (AvgIpc) is 2.91. The zero-order chi connectivity index (χ0) is 13.4. The van der Waals surface area contributed by atoms with Crippen molar-refractivity contribution >= 4 is 5.65 Å². The highest BCUT2D eigenvalue weighted by atomic mass is 19.1. The van der Waals surface area contributed by atoms with Gasteiger partial charge in [-0.1, -0.05) is 0 Å². The summed E-state index contributed by atoms with van der Waals surface area (Å²) in [5.74, 6) is -1.24. The van der Waals surface area contributed by atoms with E-state index in [0.717, 1.165) is 6.07 Å². The molecule has 2 heterocycles. The number of nitrogens with zero attached hydrogens (tertiary/aromatic N) is 4. The molecule has 3 aromatic rings. The normalized spacial score (nSPS) is 10.8. The quantitative estimate of drug-likeness (QED) is 0.708. The molecule has 0 amide bonds. The molecule has 0 radical (unpaired) electrons. The maximum Gasteiger partial charge on any atom is 0.154 e. The lowest BCUT2D eigenvalue weighted by molar-refractivity contribution is 0.578. The molecule has 0 N–H and O–H groups in total. The van der Waals surface area contributed by atoms with E-state index in [4.69, 9.17) is 5.26 Å². The fourth-order valence-corrected chi connectivity index (χ4v) is 2.07. The SMILES string of the molecule is N#Cc1cnn2ccn(Cc3cc(F)cc(F)c3)c12. The van der Waals surface area contributed by atoms with Crippen molar-refractivity contribution in [2.24, 2.45) is 0 Å². The molecule has 6 heteroatoms. The van der Waals surface area contributed by atoms with Gasteiger partial charge < -0.3 is 4.57 Å². The topological polar surface area (TPSA) is 46.0 Å². The molecule has 0 aliphatic heterocycles. The summed E-state index contributed by atoms with van der Waals surface area (Å²) in [6.45, 7) is 0.269. The molecule has 2 aromatic heterocycles. The van der Waals surface area contributed by atoms with E-state index in [9.17, 15) is 8.78 Å². The van der Waals surface area contributed by atoms with Gasteiger partial charge in [0.25, 0.3) is 0 Å². The van der Waals surface area contributed by atoms with Gasteiger partial charge in [-0.2, -0.15) is 10.4 Å². The van der Waals surface area contributed by atoms with Gasteiger partial charge in [0.1, 0.15) is 23.3 Å². The first kappa shape index (κ1) is 11.4. The van der Waals surface area contributed by atoms with Crippen LogP contribution in [-0.4, -0.2) is 14.2 Å². The Morgan fingerprint density at radius 1 is 1.16 bits per heavy atom. The maximum absolute atomic E-state index is 13.1. The average molecular weight is 258 g/mol. The lowest BCUT2D eigenvalue weighted by atomic mass is 10.2. The molecule has 0 aliphatic rings. The lowest BCUT2D eigenvalue weighted by Gasteiger charge is -2.05. The highest BCUT2D eigenvalue weighted by Crippen LogP contribution is 2.15. The molecule has 0 saturated heterocycles. The third kappa shape index (κ3) is 1.95. The van der Waals surface area contributed by atoms with Gasteiger partial charge in [-0.25, -0.2) is 13.3 Å². The van der Waals surface area contributed by atoms with Gasteiger partial charge >= 0.3 is 0 Å². The fraction of sp³-hybridized carbons (Fsp3) is 0.0769. The fourth-order valence-electron chi connectivity index (χ4n) is 2.07. The third-order valence-electron chi connectivity index (χ3n) is 2.82. The molecule has 1 aromatic carbocycles. The maximum atomic E-state index is 13.1. The van der Waals surface area contributed by atoms with Crippen LogP contribution in [0.3, 0.4) is 0 Å². The summed E-state index contributed by atoms with van der Waals surface area (Å²) in [5.41, 5.74) is 1.51. The van der Waals surface area contributed by atoms with Crippen molar-refractivity contribution in [1.29, 1.82) is 5.26 Å². The Morgan fingerprint density at radius 2 is 1.89 bits per heavy atom. The second kappa shape index (κ2) is 4.21. The number of aromatic nitrogens is 3. The molecular weight excluding hydrogens is 250 g/mol. The van der Waals surface area contributed by atoms with E-state index >= 15 is 0 Å². The van der Waals surface area contributed by atoms with E-state index in [1.165, 1.54) is 18.3 Å². The second-order valence-electron chi connectivity index (χ2n) is 4.14. The number of rotatable bonds is 2. The van der Waals surface area contributed by atoms with Crippen LogP contribution >= 0.6 is 0 Å². The predicted octanol–water partition coefficient (Wildman–Crippen LogP) is 2.33. The van der Waals surface area contributed by atoms with E-state index in [-0.39, 0.29) is 6.54 Å². The summed E-state index contributed by atoms with van der Waals surface area (Å²) >= 11 is 0. The van der Waals surface area contributed by atoms with Crippen LogP contribution in [0, 0.1) is 23.0 Å². The van der Waals surface area contributed by atoms with Gasteiger partial charge in [0.15, 0.2) is 5.65 Å². The molecule has 3 rings (SSSR count). The zero-order valence-corrected chi connectivity index (χ0v) is 9.72. The number of hydrogen-bond donors (Lipinski definition) is 0. The van der Waals surface area contributed by atoms with Crippen LogP contribution in [0.15, 0.2) is 36.8 Å². The smallest absolute Gasteiger partial charge is 0.154 e. The molecule has 0 fully saturated rings. The highest BCUT2D eigenvalue weighted by molar-refractivity contribution is 5.55. The van der Waals surface area contributed by atoms with Gasteiger partial charge in [0.2, 0.25) is 0 Å². The minimum absolute atomic E-state index is 0.269. The summed E-state index contributed by atoms with van der Waals surface area (Å²) in [5, 5.41) is 13.0. The summed E-state index contributed by atoms with van der Waals surface area (Å²) < 4.78 is 29.5. The van der Waals surface area contributed by atoms with Gasteiger partial charge in [0, 0.05) is 25.0 Å². The van der Waals surface area contributed by atoms with Crippen molar-refractivity contribution in [3.8, 4) is 6.07 Å². The molecule has 94 valence electrons. The lowest BCUT2D eigenvalue weighted by Crippen LogP contribution is -2.00. The van der Waals surface area contributed by atoms with E-state index in [2.05, 4.69) is 5.10 Å². The summed E-state index contributed by atoms with van der Waals surface area (Å²) in [4.78, 5) is 0. The summed E-state index contributed by atoms with van der Waals surface area (Å²) in [7, 11) is 0. The van der Waals surface area contributed by atoms with Crippen LogP contribution in [0.5, 0.6) is 0 Å². The molecule has 0 unspecified atom stereocenters. The van der Waals surface area contributed by atoms with Crippen molar-refractivity contribution in [2.45, 2.75) is 6.54 Å². The molecule has 0 saturated carbocycles. The number of hydrogen-bond acceptors (Lipinski definition) is 2. The number of nitriles is 1. The molecular formula is C13H8F2N4. The van der Waals surface area contributed by atoms with E-state index in [1.807, 2.05) is 6.07 Å². The van der Waals surface area contributed by atoms with Crippen LogP contribution in [0.4, 0.5) is 8.78 Å². The van der Waals surface area contributed by atoms with Gasteiger partial charge in [-0.15, -0.1) is 0 Å². The van der Waals surface area contributed by atoms with Gasteiger partial charge in [-0.3, -0.25) is 0 Å². The van der Waals surface area contributed by atoms with Crippen molar-refractivity contribution in [2.75, 3.05) is 0 Å². The molecule has 0 bridgehead atoms. The Kier molecular flexibility index (Phi) is 2.53. The standard InChI is InChI=1S/C13H8F2N4/c14-11-3-9(4-12(15)5-11)8-18-1-2-19-13(18)10(6-16)7-17-19/h1-5,7H,8H2. The van der Waals surface area contributed by atoms with Crippen LogP contribution in [-0.2, 0) is 6.54 Å². The number of imidazole rings is 1. The van der Waals surface area contributed by atoms with Crippen molar-refractivity contribution in [3.63, 3.8) is 0 Å². The van der Waals surface area contributed by atoms with Crippen molar-refractivity contribution < 1.29 is 8.78 Å². The molecule has 0 atom stereocenters. The van der Waals surface area contributed by atoms with E-state index in [0.29, 0.717) is 16.8 Å². The molecule has 0 aliphatic carbocycles. The molecule has 4 nitrogen and oxygen atoms in total. The van der Waals surface area contributed by atoms with Crippen LogP contribution < -0.4 is 0 Å². The van der Waals surface area contributed by atoms with Gasteiger partial charge in [0.05, 0.1) is 6.20 Å². The van der Waals surface area contributed by atoms with Crippen LogP contribution in [0.2, 0.25) is 0 Å². The summed E-state index contributed by atoms with van der Waals surface area (Å²) in [6.07, 6.45) is 4.86. The third-order valence-corrected chi connectivity index (χ3v) is 2.82. The summed E-state index contributed by atoms with van der Waals surface area (Å²) in [6, 6.07) is 5.39. The van der Waals surface area contributed by atoms with Crippen LogP contribution in [0.1, 0.15) is 11.1 Å². The Morgan fingerprint density at radius 3 is 2.58 bits per heavy atom. The molecule has 0 spiro atoms. The predicted molar refractivity (Wildman–Crippen MR) is 63.4 cm³/mol. The van der Waals surface area contributed by atoms with Crippen molar-refractivity contribution in [1.82, 2.24) is 14.2 Å². The first-order valence-corrected chi connectivity index (χ1v) is 5.55. The number of benzene rings is 1. The zero-order valence-electron chi connectivity index (χ0n) is 9.72. The Balaban J connectivity index is 2.06. The van der Waals surface area contributed by atoms with E-state index in [1.54, 1.807) is 21.5 Å². The highest BCUT2D eigenvalue weighted by Gasteiger charge is 2.10. The van der Waals surface area contributed by atoms with Crippen molar-refractivity contribution in [3.05, 3.63) is 59.6 Å². The molecule has 19 heavy (non-hydrogen) atoms. The Bertz CT molecular complexity index is 774. The largest absolute Gasteiger partial charge is 0.326 e.